The van der Waals surface area contributed by atoms with Gasteiger partial charge in [-0.05, 0) is 42.5 Å². The number of piperazine rings is 2. The molecule has 2 saturated heterocycles. The quantitative estimate of drug-likeness (QED) is 0.526. The molecular formula is C29H29F2N5O3. The van der Waals surface area contributed by atoms with Crippen LogP contribution in [0.25, 0.3) is 0 Å². The summed E-state index contributed by atoms with van der Waals surface area (Å²) in [4.78, 5) is 44.6. The number of benzene rings is 3. The van der Waals surface area contributed by atoms with Gasteiger partial charge in [0.1, 0.15) is 11.6 Å². The van der Waals surface area contributed by atoms with Crippen LogP contribution in [0.3, 0.4) is 0 Å². The number of carbonyl (C=O) groups is 3. The van der Waals surface area contributed by atoms with Gasteiger partial charge in [0.25, 0.3) is 17.7 Å². The van der Waals surface area contributed by atoms with Gasteiger partial charge in [-0.1, -0.05) is 18.2 Å². The molecule has 2 heterocycles. The molecule has 0 aromatic heterocycles. The zero-order valence-electron chi connectivity index (χ0n) is 21.3. The van der Waals surface area contributed by atoms with E-state index in [9.17, 15) is 23.2 Å². The molecule has 2 aliphatic rings. The minimum Gasteiger partial charge on any atom is -0.366 e. The van der Waals surface area contributed by atoms with Crippen LogP contribution in [0.5, 0.6) is 0 Å². The Labute approximate surface area is 225 Å². The summed E-state index contributed by atoms with van der Waals surface area (Å²) in [7, 11) is 0. The van der Waals surface area contributed by atoms with Gasteiger partial charge in [0.05, 0.1) is 11.4 Å². The Morgan fingerprint density at radius 3 is 1.95 bits per heavy atom. The van der Waals surface area contributed by atoms with Crippen molar-refractivity contribution in [2.75, 3.05) is 62.6 Å². The molecule has 2 N–H and O–H groups in total. The van der Waals surface area contributed by atoms with E-state index in [4.69, 9.17) is 0 Å². The highest BCUT2D eigenvalue weighted by molar-refractivity contribution is 6.07. The van der Waals surface area contributed by atoms with Gasteiger partial charge >= 0.3 is 0 Å². The fourth-order valence-electron chi connectivity index (χ4n) is 4.89. The maximum Gasteiger partial charge on any atom is 0.255 e. The molecule has 0 aliphatic carbocycles. The lowest BCUT2D eigenvalue weighted by atomic mass is 10.1. The van der Waals surface area contributed by atoms with E-state index in [1.54, 1.807) is 40.1 Å². The van der Waals surface area contributed by atoms with Crippen molar-refractivity contribution in [3.63, 3.8) is 0 Å². The van der Waals surface area contributed by atoms with E-state index < -0.39 is 17.5 Å². The van der Waals surface area contributed by atoms with Crippen molar-refractivity contribution < 1.29 is 23.2 Å². The van der Waals surface area contributed by atoms with Crippen molar-refractivity contribution in [3.8, 4) is 0 Å². The standard InChI is InChI=1S/C29H29F2N5O3/c30-23-16-22(17-24(31)19-23)27(37)33-25-18-21(29(39)35-10-8-32-9-11-35)6-7-26(25)34-12-14-36(15-13-34)28(38)20-4-2-1-3-5-20/h1-7,16-19,32H,8-15H2,(H,33,37). The van der Waals surface area contributed by atoms with Crippen molar-refractivity contribution >= 4 is 29.1 Å². The lowest BCUT2D eigenvalue weighted by Gasteiger charge is -2.37. The summed E-state index contributed by atoms with van der Waals surface area (Å²) in [5.74, 6) is -2.62. The maximum atomic E-state index is 13.8. The molecule has 8 nitrogen and oxygen atoms in total. The monoisotopic (exact) mass is 533 g/mol. The number of nitrogens with one attached hydrogen (secondary N) is 2. The first-order valence-corrected chi connectivity index (χ1v) is 12.9. The molecule has 3 aromatic rings. The third kappa shape index (κ3) is 6.06. The van der Waals surface area contributed by atoms with Crippen LogP contribution in [0.4, 0.5) is 20.2 Å². The van der Waals surface area contributed by atoms with Crippen LogP contribution >= 0.6 is 0 Å². The average molecular weight is 534 g/mol. The van der Waals surface area contributed by atoms with Gasteiger partial charge in [-0.15, -0.1) is 0 Å². The predicted molar refractivity (Wildman–Crippen MR) is 144 cm³/mol. The van der Waals surface area contributed by atoms with Gasteiger partial charge in [0.15, 0.2) is 0 Å². The summed E-state index contributed by atoms with van der Waals surface area (Å²) in [6.45, 7) is 4.48. The van der Waals surface area contributed by atoms with E-state index in [-0.39, 0.29) is 17.4 Å². The van der Waals surface area contributed by atoms with Crippen molar-refractivity contribution in [1.82, 2.24) is 15.1 Å². The molecule has 3 amide bonds. The minimum atomic E-state index is -0.859. The number of amides is 3. The van der Waals surface area contributed by atoms with Crippen molar-refractivity contribution in [3.05, 3.63) is 95.1 Å². The molecule has 3 aromatic carbocycles. The molecule has 0 spiro atoms. The summed E-state index contributed by atoms with van der Waals surface area (Å²) in [6, 6.07) is 16.8. The van der Waals surface area contributed by atoms with Gasteiger partial charge in [-0.2, -0.15) is 0 Å². The van der Waals surface area contributed by atoms with Crippen LogP contribution in [0.2, 0.25) is 0 Å². The maximum absolute atomic E-state index is 13.8. The second kappa shape index (κ2) is 11.6. The normalized spacial score (nSPS) is 15.7. The van der Waals surface area contributed by atoms with Gasteiger partial charge in [-0.3, -0.25) is 14.4 Å². The smallest absolute Gasteiger partial charge is 0.255 e. The lowest BCUT2D eigenvalue weighted by molar-refractivity contribution is 0.0731. The number of halogens is 2. The second-order valence-corrected chi connectivity index (χ2v) is 9.53. The van der Waals surface area contributed by atoms with Gasteiger partial charge in [0, 0.05) is 75.1 Å². The lowest BCUT2D eigenvalue weighted by Crippen LogP contribution is -2.49. The molecule has 0 unspecified atom stereocenters. The van der Waals surface area contributed by atoms with E-state index in [0.717, 1.165) is 12.1 Å². The first-order valence-electron chi connectivity index (χ1n) is 12.9. The van der Waals surface area contributed by atoms with Gasteiger partial charge < -0.3 is 25.3 Å². The van der Waals surface area contributed by atoms with Crippen LogP contribution < -0.4 is 15.5 Å². The molecule has 10 heteroatoms. The van der Waals surface area contributed by atoms with Crippen LogP contribution in [0.15, 0.2) is 66.7 Å². The summed E-state index contributed by atoms with van der Waals surface area (Å²) < 4.78 is 27.6. The molecule has 2 aliphatic heterocycles. The summed E-state index contributed by atoms with van der Waals surface area (Å²) in [5, 5.41) is 5.97. The Morgan fingerprint density at radius 1 is 0.667 bits per heavy atom. The molecule has 0 saturated carbocycles. The Bertz CT molecular complexity index is 1350. The van der Waals surface area contributed by atoms with E-state index in [1.165, 1.54) is 0 Å². The number of hydrogen-bond donors (Lipinski definition) is 2. The van der Waals surface area contributed by atoms with E-state index in [2.05, 4.69) is 10.6 Å². The van der Waals surface area contributed by atoms with Crippen molar-refractivity contribution in [2.45, 2.75) is 0 Å². The third-order valence-electron chi connectivity index (χ3n) is 6.95. The highest BCUT2D eigenvalue weighted by atomic mass is 19.1. The Kier molecular flexibility index (Phi) is 7.83. The van der Waals surface area contributed by atoms with E-state index in [0.29, 0.717) is 80.9 Å². The van der Waals surface area contributed by atoms with E-state index >= 15 is 0 Å². The summed E-state index contributed by atoms with van der Waals surface area (Å²) in [6.07, 6.45) is 0. The average Bonchev–Trinajstić information content (AvgIpc) is 2.97. The summed E-state index contributed by atoms with van der Waals surface area (Å²) >= 11 is 0. The Hall–Kier alpha value is -4.31. The predicted octanol–water partition coefficient (Wildman–Crippen LogP) is 3.22. The van der Waals surface area contributed by atoms with Crippen molar-refractivity contribution in [1.29, 1.82) is 0 Å². The largest absolute Gasteiger partial charge is 0.366 e. The number of rotatable bonds is 5. The number of anilines is 2. The zero-order valence-corrected chi connectivity index (χ0v) is 21.3. The summed E-state index contributed by atoms with van der Waals surface area (Å²) in [5.41, 5.74) is 1.87. The highest BCUT2D eigenvalue weighted by Crippen LogP contribution is 2.30. The molecule has 202 valence electrons. The van der Waals surface area contributed by atoms with Crippen LogP contribution in [0, 0.1) is 11.6 Å². The molecule has 0 radical (unpaired) electrons. The molecular weight excluding hydrogens is 504 g/mol. The van der Waals surface area contributed by atoms with Gasteiger partial charge in [-0.25, -0.2) is 8.78 Å². The SMILES string of the molecule is O=C(Nc1cc(C(=O)N2CCNCC2)ccc1N1CCN(C(=O)c2ccccc2)CC1)c1cc(F)cc(F)c1. The fourth-order valence-corrected chi connectivity index (χ4v) is 4.89. The van der Waals surface area contributed by atoms with Gasteiger partial charge in [0.2, 0.25) is 0 Å². The fraction of sp³-hybridized carbons (Fsp3) is 0.276. The Morgan fingerprint density at radius 2 is 1.28 bits per heavy atom. The number of carbonyl (C=O) groups excluding carboxylic acids is 3. The molecule has 2 fully saturated rings. The first kappa shape index (κ1) is 26.3. The minimum absolute atomic E-state index is 0.0473. The number of nitrogens with zero attached hydrogens (tertiary/aromatic N) is 3. The zero-order chi connectivity index (χ0) is 27.4. The third-order valence-corrected chi connectivity index (χ3v) is 6.95. The van der Waals surface area contributed by atoms with Crippen LogP contribution in [-0.2, 0) is 0 Å². The molecule has 0 atom stereocenters. The topological polar surface area (TPSA) is 85.0 Å². The van der Waals surface area contributed by atoms with Crippen LogP contribution in [0.1, 0.15) is 31.1 Å². The van der Waals surface area contributed by atoms with E-state index in [1.807, 2.05) is 23.1 Å². The van der Waals surface area contributed by atoms with Crippen LogP contribution in [-0.4, -0.2) is 79.9 Å². The Balaban J connectivity index is 1.38. The second-order valence-electron chi connectivity index (χ2n) is 9.53. The number of hydrogen-bond acceptors (Lipinski definition) is 5. The molecule has 5 rings (SSSR count). The molecule has 39 heavy (non-hydrogen) atoms. The first-order chi connectivity index (χ1) is 18.9. The van der Waals surface area contributed by atoms with Crippen molar-refractivity contribution in [2.24, 2.45) is 0 Å². The molecule has 0 bridgehead atoms. The highest BCUT2D eigenvalue weighted by Gasteiger charge is 2.26.